The van der Waals surface area contributed by atoms with Crippen LogP contribution in [0, 0.1) is 6.92 Å². The van der Waals surface area contributed by atoms with Crippen LogP contribution in [-0.4, -0.2) is 7.11 Å². The summed E-state index contributed by atoms with van der Waals surface area (Å²) < 4.78 is 5.32. The second-order valence-corrected chi connectivity index (χ2v) is 3.29. The zero-order chi connectivity index (χ0) is 14.6. The van der Waals surface area contributed by atoms with E-state index in [0.29, 0.717) is 0 Å². The second-order valence-electron chi connectivity index (χ2n) is 3.29. The van der Waals surface area contributed by atoms with Crippen LogP contribution in [-0.2, 0) is 0 Å². The smallest absolute Gasteiger partial charge is 0.126 e. The molecule has 0 unspecified atom stereocenters. The predicted octanol–water partition coefficient (Wildman–Crippen LogP) is 5.65. The highest BCUT2D eigenvalue weighted by molar-refractivity contribution is 5.70. The van der Waals surface area contributed by atoms with E-state index in [4.69, 9.17) is 4.74 Å². The van der Waals surface area contributed by atoms with Crippen LogP contribution < -0.4 is 4.74 Å². The Labute approximate surface area is 113 Å². The van der Waals surface area contributed by atoms with Crippen molar-refractivity contribution >= 4 is 5.57 Å². The Kier molecular flexibility index (Phi) is 12.5. The summed E-state index contributed by atoms with van der Waals surface area (Å²) in [4.78, 5) is 0. The fourth-order valence-electron chi connectivity index (χ4n) is 1.39. The van der Waals surface area contributed by atoms with Gasteiger partial charge in [-0.25, -0.2) is 0 Å². The number of methoxy groups -OCH3 is 1. The van der Waals surface area contributed by atoms with Gasteiger partial charge in [0, 0.05) is 5.56 Å². The van der Waals surface area contributed by atoms with E-state index in [1.165, 1.54) is 5.56 Å². The minimum Gasteiger partial charge on any atom is -0.496 e. The van der Waals surface area contributed by atoms with Gasteiger partial charge in [0.1, 0.15) is 5.75 Å². The van der Waals surface area contributed by atoms with Gasteiger partial charge in [-0.1, -0.05) is 58.6 Å². The molecule has 0 saturated carbocycles. The summed E-state index contributed by atoms with van der Waals surface area (Å²) in [7, 11) is 1.69. The van der Waals surface area contributed by atoms with Gasteiger partial charge in [0.2, 0.25) is 0 Å². The number of benzene rings is 1. The first-order valence-corrected chi connectivity index (χ1v) is 6.63. The Morgan fingerprint density at radius 1 is 1.17 bits per heavy atom. The Morgan fingerprint density at radius 3 is 2.17 bits per heavy atom. The lowest BCUT2D eigenvalue weighted by Crippen LogP contribution is -1.90. The molecule has 1 aromatic carbocycles. The molecule has 0 amide bonds. The summed E-state index contributed by atoms with van der Waals surface area (Å²) in [5.41, 5.74) is 3.49. The normalized spacial score (nSPS) is 9.39. The Morgan fingerprint density at radius 2 is 1.72 bits per heavy atom. The lowest BCUT2D eigenvalue weighted by atomic mass is 10.0. The van der Waals surface area contributed by atoms with E-state index in [9.17, 15) is 0 Å². The molecule has 102 valence electrons. The van der Waals surface area contributed by atoms with E-state index in [0.717, 1.165) is 16.9 Å². The molecule has 0 heterocycles. The first-order chi connectivity index (χ1) is 8.69. The highest BCUT2D eigenvalue weighted by Gasteiger charge is 2.03. The zero-order valence-corrected chi connectivity index (χ0v) is 13.0. The molecule has 18 heavy (non-hydrogen) atoms. The molecule has 1 nitrogen and oxygen atoms in total. The van der Waals surface area contributed by atoms with Gasteiger partial charge in [0.15, 0.2) is 0 Å². The monoisotopic (exact) mass is 248 g/mol. The van der Waals surface area contributed by atoms with E-state index >= 15 is 0 Å². The van der Waals surface area contributed by atoms with Gasteiger partial charge in [0.25, 0.3) is 0 Å². The summed E-state index contributed by atoms with van der Waals surface area (Å²) in [6, 6.07) is 6.19. The predicted molar refractivity (Wildman–Crippen MR) is 84.3 cm³/mol. The van der Waals surface area contributed by atoms with Gasteiger partial charge in [-0.05, 0) is 31.1 Å². The fourth-order valence-corrected chi connectivity index (χ4v) is 1.39. The van der Waals surface area contributed by atoms with Crippen molar-refractivity contribution in [1.29, 1.82) is 0 Å². The van der Waals surface area contributed by atoms with E-state index in [-0.39, 0.29) is 0 Å². The number of hydrogen-bond donors (Lipinski definition) is 0. The first kappa shape index (κ1) is 18.9. The summed E-state index contributed by atoms with van der Waals surface area (Å²) in [6.07, 6.45) is 3.77. The van der Waals surface area contributed by atoms with Gasteiger partial charge in [-0.2, -0.15) is 0 Å². The molecule has 0 atom stereocenters. The van der Waals surface area contributed by atoms with Crippen molar-refractivity contribution in [3.05, 3.63) is 48.1 Å². The molecule has 0 radical (unpaired) electrons. The Hall–Kier alpha value is -1.50. The highest BCUT2D eigenvalue weighted by Crippen LogP contribution is 2.26. The average Bonchev–Trinajstić information content (AvgIpc) is 2.43. The molecule has 0 aliphatic carbocycles. The largest absolute Gasteiger partial charge is 0.496 e. The SMILES string of the molecule is C=C/C=C(\C)c1ccc(C)cc1OC.CC.CC. The van der Waals surface area contributed by atoms with Crippen molar-refractivity contribution < 1.29 is 4.74 Å². The van der Waals surface area contributed by atoms with E-state index < -0.39 is 0 Å². The van der Waals surface area contributed by atoms with Crippen LogP contribution in [0.15, 0.2) is 36.9 Å². The van der Waals surface area contributed by atoms with Crippen molar-refractivity contribution in [3.8, 4) is 5.75 Å². The minimum atomic E-state index is 0.917. The van der Waals surface area contributed by atoms with E-state index in [1.807, 2.05) is 39.8 Å². The van der Waals surface area contributed by atoms with Gasteiger partial charge < -0.3 is 4.74 Å². The number of allylic oxidation sites excluding steroid dienone is 3. The van der Waals surface area contributed by atoms with Crippen molar-refractivity contribution in [3.63, 3.8) is 0 Å². The number of rotatable bonds is 3. The maximum absolute atomic E-state index is 5.32. The number of aryl methyl sites for hydroxylation is 1. The van der Waals surface area contributed by atoms with Crippen LogP contribution in [0.5, 0.6) is 5.75 Å². The molecule has 1 heteroatoms. The molecule has 0 aliphatic heterocycles. The van der Waals surface area contributed by atoms with Crippen molar-refractivity contribution in [1.82, 2.24) is 0 Å². The first-order valence-electron chi connectivity index (χ1n) is 6.63. The molecular weight excluding hydrogens is 220 g/mol. The average molecular weight is 248 g/mol. The summed E-state index contributed by atoms with van der Waals surface area (Å²) in [5.74, 6) is 0.917. The third-order valence-electron chi connectivity index (χ3n) is 2.15. The van der Waals surface area contributed by atoms with Crippen LogP contribution >= 0.6 is 0 Å². The molecule has 1 aromatic rings. The Balaban J connectivity index is 0. The molecule has 1 rings (SSSR count). The minimum absolute atomic E-state index is 0.917. The third-order valence-corrected chi connectivity index (χ3v) is 2.15. The summed E-state index contributed by atoms with van der Waals surface area (Å²) in [6.45, 7) is 15.8. The molecule has 0 aromatic heterocycles. The topological polar surface area (TPSA) is 9.23 Å². The van der Waals surface area contributed by atoms with Crippen molar-refractivity contribution in [2.75, 3.05) is 7.11 Å². The Bertz CT molecular complexity index is 362. The quantitative estimate of drug-likeness (QED) is 0.628. The van der Waals surface area contributed by atoms with Crippen LogP contribution in [0.1, 0.15) is 45.7 Å². The number of hydrogen-bond acceptors (Lipinski definition) is 1. The van der Waals surface area contributed by atoms with Crippen molar-refractivity contribution in [2.45, 2.75) is 41.5 Å². The molecular formula is C17H28O. The molecule has 0 N–H and O–H groups in total. The molecule has 0 fully saturated rings. The maximum atomic E-state index is 5.32. The summed E-state index contributed by atoms with van der Waals surface area (Å²) >= 11 is 0. The highest BCUT2D eigenvalue weighted by atomic mass is 16.5. The van der Waals surface area contributed by atoms with Crippen molar-refractivity contribution in [2.24, 2.45) is 0 Å². The van der Waals surface area contributed by atoms with Crippen LogP contribution in [0.3, 0.4) is 0 Å². The van der Waals surface area contributed by atoms with Crippen LogP contribution in [0.4, 0.5) is 0 Å². The molecule has 0 aliphatic rings. The van der Waals surface area contributed by atoms with E-state index in [2.05, 4.69) is 32.6 Å². The van der Waals surface area contributed by atoms with Gasteiger partial charge in [0.05, 0.1) is 7.11 Å². The van der Waals surface area contributed by atoms with Crippen LogP contribution in [0.2, 0.25) is 0 Å². The zero-order valence-electron chi connectivity index (χ0n) is 13.0. The standard InChI is InChI=1S/C13H16O.2C2H6/c1-5-6-11(3)12-8-7-10(2)9-13(12)14-4;2*1-2/h5-9H,1H2,2-4H3;2*1-2H3/b11-6+;;. The third kappa shape index (κ3) is 6.29. The lowest BCUT2D eigenvalue weighted by Gasteiger charge is -2.09. The lowest BCUT2D eigenvalue weighted by molar-refractivity contribution is 0.413. The summed E-state index contributed by atoms with van der Waals surface area (Å²) in [5, 5.41) is 0. The maximum Gasteiger partial charge on any atom is 0.126 e. The van der Waals surface area contributed by atoms with Crippen LogP contribution in [0.25, 0.3) is 5.57 Å². The number of ether oxygens (including phenoxy) is 1. The molecule has 0 spiro atoms. The van der Waals surface area contributed by atoms with E-state index in [1.54, 1.807) is 13.2 Å². The fraction of sp³-hybridized carbons (Fsp3) is 0.412. The molecule has 0 saturated heterocycles. The second kappa shape index (κ2) is 12.0. The van der Waals surface area contributed by atoms with Gasteiger partial charge in [-0.3, -0.25) is 0 Å². The molecule has 0 bridgehead atoms. The van der Waals surface area contributed by atoms with Gasteiger partial charge >= 0.3 is 0 Å². The van der Waals surface area contributed by atoms with Gasteiger partial charge in [-0.15, -0.1) is 0 Å².